The molecule has 1 heterocycles. The Morgan fingerprint density at radius 1 is 1.30 bits per heavy atom. The minimum atomic E-state index is 0.392. The second-order valence-corrected chi connectivity index (χ2v) is 5.25. The second kappa shape index (κ2) is 6.96. The fourth-order valence-electron chi connectivity index (χ4n) is 1.82. The van der Waals surface area contributed by atoms with Crippen LogP contribution in [0.1, 0.15) is 18.3 Å². The first-order valence-corrected chi connectivity index (χ1v) is 7.45. The predicted molar refractivity (Wildman–Crippen MR) is 80.5 cm³/mol. The van der Waals surface area contributed by atoms with E-state index < -0.39 is 0 Å². The molecule has 2 rings (SSSR count). The number of hydrogen-bond donors (Lipinski definition) is 1. The van der Waals surface area contributed by atoms with E-state index in [1.165, 1.54) is 17.3 Å². The van der Waals surface area contributed by atoms with Gasteiger partial charge in [-0.3, -0.25) is 0 Å². The zero-order valence-corrected chi connectivity index (χ0v) is 12.4. The first-order chi connectivity index (χ1) is 9.74. The largest absolute Gasteiger partial charge is 0.378 e. The number of nitrogens with zero attached hydrogens (tertiary/aromatic N) is 4. The highest BCUT2D eigenvalue weighted by atomic mass is 32.2. The average Bonchev–Trinajstić information content (AvgIpc) is 2.86. The molecule has 0 fully saturated rings. The molecule has 1 N–H and O–H groups in total. The molecular weight excluding hydrogens is 270 g/mol. The molecule has 0 atom stereocenters. The summed E-state index contributed by atoms with van der Waals surface area (Å²) in [7, 11) is 0. The SMILES string of the molecule is CCn1c(CNc2ccc(C)cc2)nnc1SCC#N. The van der Waals surface area contributed by atoms with Crippen LogP contribution in [0.25, 0.3) is 0 Å². The van der Waals surface area contributed by atoms with Crippen molar-refractivity contribution < 1.29 is 0 Å². The first kappa shape index (κ1) is 14.4. The molecule has 1 aromatic carbocycles. The molecule has 0 radical (unpaired) electrons. The zero-order valence-electron chi connectivity index (χ0n) is 11.6. The number of hydrogen-bond acceptors (Lipinski definition) is 5. The molecule has 0 spiro atoms. The van der Waals surface area contributed by atoms with Crippen LogP contribution < -0.4 is 5.32 Å². The molecule has 2 aromatic rings. The molecule has 0 aliphatic rings. The third-order valence-corrected chi connectivity index (χ3v) is 3.71. The van der Waals surface area contributed by atoms with Gasteiger partial charge in [-0.15, -0.1) is 10.2 Å². The summed E-state index contributed by atoms with van der Waals surface area (Å²) in [5.41, 5.74) is 2.30. The number of anilines is 1. The monoisotopic (exact) mass is 287 g/mol. The van der Waals surface area contributed by atoms with Crippen LogP contribution in [0.5, 0.6) is 0 Å². The maximum atomic E-state index is 8.63. The van der Waals surface area contributed by atoms with Gasteiger partial charge in [-0.2, -0.15) is 5.26 Å². The predicted octanol–water partition coefficient (Wildman–Crippen LogP) is 2.83. The van der Waals surface area contributed by atoms with Gasteiger partial charge >= 0.3 is 0 Å². The third-order valence-electron chi connectivity index (χ3n) is 2.88. The summed E-state index contributed by atoms with van der Waals surface area (Å²) in [4.78, 5) is 0. The number of nitriles is 1. The lowest BCUT2D eigenvalue weighted by atomic mass is 10.2. The average molecular weight is 287 g/mol. The minimum Gasteiger partial charge on any atom is -0.378 e. The lowest BCUT2D eigenvalue weighted by molar-refractivity contribution is 0.649. The summed E-state index contributed by atoms with van der Waals surface area (Å²) in [5.74, 6) is 1.28. The van der Waals surface area contributed by atoms with Gasteiger partial charge in [0.25, 0.3) is 0 Å². The van der Waals surface area contributed by atoms with Gasteiger partial charge in [-0.1, -0.05) is 29.5 Å². The summed E-state index contributed by atoms with van der Waals surface area (Å²) < 4.78 is 2.03. The summed E-state index contributed by atoms with van der Waals surface area (Å²) in [5, 5.41) is 21.1. The van der Waals surface area contributed by atoms with E-state index in [0.29, 0.717) is 12.3 Å². The van der Waals surface area contributed by atoms with Crippen molar-refractivity contribution in [3.05, 3.63) is 35.7 Å². The van der Waals surface area contributed by atoms with Gasteiger partial charge in [0.15, 0.2) is 11.0 Å². The van der Waals surface area contributed by atoms with E-state index in [0.717, 1.165) is 23.2 Å². The van der Waals surface area contributed by atoms with Crippen LogP contribution in [0, 0.1) is 18.3 Å². The fraction of sp³-hybridized carbons (Fsp3) is 0.357. The van der Waals surface area contributed by atoms with E-state index >= 15 is 0 Å². The van der Waals surface area contributed by atoms with Crippen LogP contribution >= 0.6 is 11.8 Å². The van der Waals surface area contributed by atoms with Gasteiger partial charge in [0.1, 0.15) is 0 Å². The van der Waals surface area contributed by atoms with Crippen molar-refractivity contribution in [3.63, 3.8) is 0 Å². The van der Waals surface area contributed by atoms with E-state index in [4.69, 9.17) is 5.26 Å². The van der Waals surface area contributed by atoms with Crippen molar-refractivity contribution in [1.82, 2.24) is 14.8 Å². The Kier molecular flexibility index (Phi) is 5.02. The van der Waals surface area contributed by atoms with Crippen molar-refractivity contribution in [1.29, 1.82) is 5.26 Å². The fourth-order valence-corrected chi connectivity index (χ4v) is 2.51. The Morgan fingerprint density at radius 2 is 2.05 bits per heavy atom. The number of benzene rings is 1. The van der Waals surface area contributed by atoms with Crippen LogP contribution in [0.15, 0.2) is 29.4 Å². The van der Waals surface area contributed by atoms with Crippen molar-refractivity contribution in [3.8, 4) is 6.07 Å². The van der Waals surface area contributed by atoms with Gasteiger partial charge in [-0.05, 0) is 26.0 Å². The van der Waals surface area contributed by atoms with E-state index in [1.807, 2.05) is 16.7 Å². The van der Waals surface area contributed by atoms with Crippen molar-refractivity contribution >= 4 is 17.4 Å². The van der Waals surface area contributed by atoms with Gasteiger partial charge < -0.3 is 9.88 Å². The molecule has 0 aliphatic carbocycles. The Labute approximate surface area is 123 Å². The van der Waals surface area contributed by atoms with Crippen LogP contribution in [0.2, 0.25) is 0 Å². The molecule has 0 aliphatic heterocycles. The molecule has 0 amide bonds. The molecule has 0 saturated heterocycles. The van der Waals surface area contributed by atoms with Gasteiger partial charge in [0, 0.05) is 12.2 Å². The first-order valence-electron chi connectivity index (χ1n) is 6.47. The van der Waals surface area contributed by atoms with Crippen molar-refractivity contribution in [2.45, 2.75) is 32.1 Å². The lowest BCUT2D eigenvalue weighted by Gasteiger charge is -2.08. The molecule has 20 heavy (non-hydrogen) atoms. The number of rotatable bonds is 6. The Hall–Kier alpha value is -2.00. The van der Waals surface area contributed by atoms with Gasteiger partial charge in [0.2, 0.25) is 0 Å². The summed E-state index contributed by atoms with van der Waals surface area (Å²) >= 11 is 1.42. The second-order valence-electron chi connectivity index (χ2n) is 4.31. The highest BCUT2D eigenvalue weighted by molar-refractivity contribution is 7.99. The van der Waals surface area contributed by atoms with E-state index in [9.17, 15) is 0 Å². The van der Waals surface area contributed by atoms with Crippen LogP contribution in [0.4, 0.5) is 5.69 Å². The Bertz CT molecular complexity index is 597. The summed E-state index contributed by atoms with van der Waals surface area (Å²) in [6.45, 7) is 5.54. The van der Waals surface area contributed by atoms with Gasteiger partial charge in [-0.25, -0.2) is 0 Å². The molecule has 0 bridgehead atoms. The third kappa shape index (κ3) is 3.52. The van der Waals surface area contributed by atoms with Gasteiger partial charge in [0.05, 0.1) is 18.4 Å². The highest BCUT2D eigenvalue weighted by Crippen LogP contribution is 2.17. The maximum absolute atomic E-state index is 8.63. The summed E-state index contributed by atoms with van der Waals surface area (Å²) in [6, 6.07) is 10.3. The standard InChI is InChI=1S/C14H17N5S/c1-3-19-13(17-18-14(19)20-9-8-15)10-16-12-6-4-11(2)5-7-12/h4-7,16H,3,9-10H2,1-2H3. The van der Waals surface area contributed by atoms with E-state index in [2.05, 4.69) is 47.6 Å². The van der Waals surface area contributed by atoms with Crippen LogP contribution in [-0.4, -0.2) is 20.5 Å². The Morgan fingerprint density at radius 3 is 2.70 bits per heavy atom. The normalized spacial score (nSPS) is 10.2. The Balaban J connectivity index is 2.04. The topological polar surface area (TPSA) is 66.5 Å². The van der Waals surface area contributed by atoms with Crippen LogP contribution in [0.3, 0.4) is 0 Å². The lowest BCUT2D eigenvalue weighted by Crippen LogP contribution is -2.08. The molecule has 0 unspecified atom stereocenters. The number of nitrogens with one attached hydrogen (secondary N) is 1. The van der Waals surface area contributed by atoms with Crippen LogP contribution in [-0.2, 0) is 13.1 Å². The zero-order chi connectivity index (χ0) is 14.4. The van der Waals surface area contributed by atoms with E-state index in [-0.39, 0.29) is 0 Å². The highest BCUT2D eigenvalue weighted by Gasteiger charge is 2.10. The molecule has 6 heteroatoms. The number of aromatic nitrogens is 3. The van der Waals surface area contributed by atoms with E-state index in [1.54, 1.807) is 0 Å². The molecule has 5 nitrogen and oxygen atoms in total. The van der Waals surface area contributed by atoms with Crippen molar-refractivity contribution in [2.24, 2.45) is 0 Å². The maximum Gasteiger partial charge on any atom is 0.192 e. The quantitative estimate of drug-likeness (QED) is 0.827. The minimum absolute atomic E-state index is 0.392. The number of thioether (sulfide) groups is 1. The molecular formula is C14H17N5S. The number of aryl methyl sites for hydroxylation is 1. The summed E-state index contributed by atoms with van der Waals surface area (Å²) in [6.07, 6.45) is 0. The smallest absolute Gasteiger partial charge is 0.192 e. The molecule has 0 saturated carbocycles. The van der Waals surface area contributed by atoms with Crippen molar-refractivity contribution in [2.75, 3.05) is 11.1 Å². The molecule has 1 aromatic heterocycles. The molecule has 104 valence electrons.